The molecule has 4 aromatic rings. The zero-order chi connectivity index (χ0) is 24.7. The monoisotopic (exact) mass is 492 g/mol. The van der Waals surface area contributed by atoms with E-state index in [4.69, 9.17) is 12.2 Å². The molecular formula is C27H23F3N4S. The Bertz CT molecular complexity index is 1380. The third kappa shape index (κ3) is 4.30. The van der Waals surface area contributed by atoms with E-state index in [9.17, 15) is 13.2 Å². The summed E-state index contributed by atoms with van der Waals surface area (Å²) in [5.74, 6) is 0. The lowest BCUT2D eigenvalue weighted by Gasteiger charge is -2.29. The number of nitrogens with one attached hydrogen (secondary N) is 1. The second kappa shape index (κ2) is 8.85. The molecule has 0 amide bonds. The number of aromatic nitrogens is 2. The van der Waals surface area contributed by atoms with Crippen LogP contribution < -0.4 is 10.2 Å². The van der Waals surface area contributed by atoms with Gasteiger partial charge in [0.1, 0.15) is 6.04 Å². The summed E-state index contributed by atoms with van der Waals surface area (Å²) in [4.78, 5) is 6.59. The molecular weight excluding hydrogens is 469 g/mol. The highest BCUT2D eigenvalue weighted by atomic mass is 32.1. The first-order valence-electron chi connectivity index (χ1n) is 11.2. The molecule has 4 nitrogen and oxygen atoms in total. The van der Waals surface area contributed by atoms with Crippen molar-refractivity contribution in [1.82, 2.24) is 14.9 Å². The van der Waals surface area contributed by atoms with Crippen molar-refractivity contribution in [1.29, 1.82) is 0 Å². The lowest BCUT2D eigenvalue weighted by molar-refractivity contribution is -0.137. The molecule has 1 N–H and O–H groups in total. The van der Waals surface area contributed by atoms with Crippen LogP contribution in [0.4, 0.5) is 18.9 Å². The van der Waals surface area contributed by atoms with E-state index < -0.39 is 11.7 Å². The largest absolute Gasteiger partial charge is 0.416 e. The lowest BCUT2D eigenvalue weighted by Crippen LogP contribution is -2.30. The maximum absolute atomic E-state index is 13.4. The van der Waals surface area contributed by atoms with Crippen LogP contribution in [0.15, 0.2) is 85.2 Å². The first-order valence-corrected chi connectivity index (χ1v) is 11.6. The number of rotatable bonds is 4. The summed E-state index contributed by atoms with van der Waals surface area (Å²) < 4.78 is 42.1. The smallest absolute Gasteiger partial charge is 0.351 e. The Labute approximate surface area is 207 Å². The molecule has 1 aliphatic rings. The Morgan fingerprint density at radius 2 is 1.71 bits per heavy atom. The Balaban J connectivity index is 1.67. The first-order chi connectivity index (χ1) is 16.7. The maximum Gasteiger partial charge on any atom is 0.416 e. The lowest BCUT2D eigenvalue weighted by atomic mass is 10.00. The van der Waals surface area contributed by atoms with Crippen LogP contribution in [-0.2, 0) is 6.18 Å². The van der Waals surface area contributed by atoms with Gasteiger partial charge >= 0.3 is 6.18 Å². The molecule has 178 valence electrons. The fourth-order valence-corrected chi connectivity index (χ4v) is 4.86. The molecule has 3 heterocycles. The van der Waals surface area contributed by atoms with Gasteiger partial charge in [-0.15, -0.1) is 0 Å². The number of hydrogen-bond donors (Lipinski definition) is 1. The minimum absolute atomic E-state index is 0.301. The van der Waals surface area contributed by atoms with Crippen molar-refractivity contribution in [2.45, 2.75) is 32.1 Å². The van der Waals surface area contributed by atoms with Crippen molar-refractivity contribution in [3.63, 3.8) is 0 Å². The zero-order valence-corrected chi connectivity index (χ0v) is 19.9. The van der Waals surface area contributed by atoms with Crippen LogP contribution in [0.5, 0.6) is 0 Å². The summed E-state index contributed by atoms with van der Waals surface area (Å²) in [7, 11) is 0. The molecule has 0 bridgehead atoms. The molecule has 35 heavy (non-hydrogen) atoms. The fraction of sp³-hybridized carbons (Fsp3) is 0.185. The molecule has 5 rings (SSSR count). The summed E-state index contributed by atoms with van der Waals surface area (Å²) in [6.07, 6.45) is -0.927. The predicted molar refractivity (Wildman–Crippen MR) is 135 cm³/mol. The number of nitrogens with zero attached hydrogens (tertiary/aromatic N) is 3. The highest BCUT2D eigenvalue weighted by Crippen LogP contribution is 2.43. The number of aryl methyl sites for hydroxylation is 2. The summed E-state index contributed by atoms with van der Waals surface area (Å²) in [5, 5.41) is 3.94. The number of hydrogen-bond acceptors (Lipinski definition) is 2. The topological polar surface area (TPSA) is 33.1 Å². The molecule has 0 aliphatic carbocycles. The van der Waals surface area contributed by atoms with E-state index in [0.717, 1.165) is 34.3 Å². The SMILES string of the molecule is Cc1ccc(N2C(=S)N[C@@H](c3ccccn3)[C@H]2c2cccn2-c2cccc(C(F)(F)F)c2)cc1C. The summed E-state index contributed by atoms with van der Waals surface area (Å²) in [6, 6.07) is 20.3. The average molecular weight is 493 g/mol. The number of halogens is 3. The third-order valence-electron chi connectivity index (χ3n) is 6.40. The molecule has 1 fully saturated rings. The molecule has 2 atom stereocenters. The van der Waals surface area contributed by atoms with Crippen molar-refractivity contribution in [3.05, 3.63) is 113 Å². The van der Waals surface area contributed by atoms with E-state index in [1.165, 1.54) is 12.1 Å². The standard InChI is InChI=1S/C27H23F3N4S/c1-17-11-12-21(15-18(17)2)34-25(24(32-26(34)35)22-9-3-4-13-31-22)23-10-6-14-33(23)20-8-5-7-19(16-20)27(28,29)30/h3-16,24-25H,1-2H3,(H,32,35)/t24-,25+/m0/s1. The van der Waals surface area contributed by atoms with Crippen LogP contribution in [0, 0.1) is 13.8 Å². The number of thiocarbonyl (C=S) groups is 1. The van der Waals surface area contributed by atoms with E-state index in [1.807, 2.05) is 61.2 Å². The normalized spacial score (nSPS) is 18.1. The van der Waals surface area contributed by atoms with Gasteiger partial charge in [-0.25, -0.2) is 0 Å². The highest BCUT2D eigenvalue weighted by molar-refractivity contribution is 7.80. The van der Waals surface area contributed by atoms with Crippen molar-refractivity contribution in [2.75, 3.05) is 4.90 Å². The maximum atomic E-state index is 13.4. The van der Waals surface area contributed by atoms with Crippen molar-refractivity contribution in [3.8, 4) is 5.69 Å². The van der Waals surface area contributed by atoms with Gasteiger partial charge in [-0.2, -0.15) is 13.2 Å². The predicted octanol–water partition coefficient (Wildman–Crippen LogP) is 6.69. The first kappa shape index (κ1) is 23.1. The molecule has 0 spiro atoms. The molecule has 0 saturated carbocycles. The quantitative estimate of drug-likeness (QED) is 0.322. The van der Waals surface area contributed by atoms with E-state index in [1.54, 1.807) is 23.0 Å². The van der Waals surface area contributed by atoms with Gasteiger partial charge in [-0.3, -0.25) is 4.98 Å². The van der Waals surface area contributed by atoms with E-state index in [0.29, 0.717) is 10.8 Å². The van der Waals surface area contributed by atoms with Crippen LogP contribution >= 0.6 is 12.2 Å². The molecule has 0 radical (unpaired) electrons. The fourth-order valence-electron chi connectivity index (χ4n) is 4.51. The summed E-state index contributed by atoms with van der Waals surface area (Å²) in [6.45, 7) is 4.09. The third-order valence-corrected chi connectivity index (χ3v) is 6.72. The number of pyridine rings is 1. The molecule has 2 aromatic carbocycles. The van der Waals surface area contributed by atoms with Gasteiger partial charge in [0.2, 0.25) is 0 Å². The van der Waals surface area contributed by atoms with Crippen LogP contribution in [-0.4, -0.2) is 14.7 Å². The highest BCUT2D eigenvalue weighted by Gasteiger charge is 2.42. The minimum atomic E-state index is -4.43. The molecule has 1 aliphatic heterocycles. The van der Waals surface area contributed by atoms with Crippen LogP contribution in [0.1, 0.15) is 40.2 Å². The minimum Gasteiger partial charge on any atom is -0.351 e. The van der Waals surface area contributed by atoms with Crippen molar-refractivity contribution < 1.29 is 13.2 Å². The Morgan fingerprint density at radius 1 is 0.886 bits per heavy atom. The Hall–Kier alpha value is -3.65. The number of benzene rings is 2. The number of alkyl halides is 3. The second-order valence-electron chi connectivity index (χ2n) is 8.62. The number of anilines is 1. The van der Waals surface area contributed by atoms with E-state index in [2.05, 4.69) is 16.4 Å². The van der Waals surface area contributed by atoms with Gasteiger partial charge in [-0.05, 0) is 91.8 Å². The molecule has 2 aromatic heterocycles. The van der Waals surface area contributed by atoms with Gasteiger partial charge in [0.15, 0.2) is 5.11 Å². The van der Waals surface area contributed by atoms with Gasteiger partial charge in [0.25, 0.3) is 0 Å². The second-order valence-corrected chi connectivity index (χ2v) is 9.00. The Morgan fingerprint density at radius 3 is 2.43 bits per heavy atom. The van der Waals surface area contributed by atoms with Crippen molar-refractivity contribution in [2.24, 2.45) is 0 Å². The molecule has 8 heteroatoms. The summed E-state index contributed by atoms with van der Waals surface area (Å²) in [5.41, 5.74) is 4.52. The zero-order valence-electron chi connectivity index (χ0n) is 19.1. The Kier molecular flexibility index (Phi) is 5.84. The van der Waals surface area contributed by atoms with Crippen LogP contribution in [0.3, 0.4) is 0 Å². The van der Waals surface area contributed by atoms with Gasteiger partial charge in [-0.1, -0.05) is 18.2 Å². The van der Waals surface area contributed by atoms with Gasteiger partial charge in [0.05, 0.1) is 17.3 Å². The van der Waals surface area contributed by atoms with Crippen LogP contribution in [0.2, 0.25) is 0 Å². The van der Waals surface area contributed by atoms with E-state index >= 15 is 0 Å². The average Bonchev–Trinajstić information content (AvgIpc) is 3.45. The van der Waals surface area contributed by atoms with Crippen molar-refractivity contribution >= 4 is 23.0 Å². The van der Waals surface area contributed by atoms with Gasteiger partial charge in [0, 0.05) is 29.5 Å². The van der Waals surface area contributed by atoms with Gasteiger partial charge < -0.3 is 14.8 Å². The molecule has 1 saturated heterocycles. The van der Waals surface area contributed by atoms with Crippen LogP contribution in [0.25, 0.3) is 5.69 Å². The molecule has 0 unspecified atom stereocenters. The van der Waals surface area contributed by atoms with E-state index in [-0.39, 0.29) is 12.1 Å². The summed E-state index contributed by atoms with van der Waals surface area (Å²) >= 11 is 5.79.